The van der Waals surface area contributed by atoms with Gasteiger partial charge in [-0.05, 0) is 50.3 Å². The molecule has 18 heavy (non-hydrogen) atoms. The maximum absolute atomic E-state index is 5.90. The molecule has 1 saturated heterocycles. The molecule has 0 aliphatic carbocycles. The molecule has 2 N–H and O–H groups in total. The predicted molar refractivity (Wildman–Crippen MR) is 77.6 cm³/mol. The van der Waals surface area contributed by atoms with Crippen LogP contribution in [0.15, 0.2) is 30.3 Å². The van der Waals surface area contributed by atoms with E-state index in [0.717, 1.165) is 12.5 Å². The van der Waals surface area contributed by atoms with Gasteiger partial charge in [-0.25, -0.2) is 0 Å². The van der Waals surface area contributed by atoms with Crippen molar-refractivity contribution in [1.29, 1.82) is 0 Å². The van der Waals surface area contributed by atoms with Crippen molar-refractivity contribution in [3.05, 3.63) is 35.9 Å². The van der Waals surface area contributed by atoms with E-state index in [4.69, 9.17) is 5.73 Å². The van der Waals surface area contributed by atoms with Crippen LogP contribution < -0.4 is 5.73 Å². The number of hydrogen-bond donors (Lipinski definition) is 1. The van der Waals surface area contributed by atoms with Crippen molar-refractivity contribution in [1.82, 2.24) is 4.90 Å². The minimum absolute atomic E-state index is 0.615. The maximum atomic E-state index is 5.90. The summed E-state index contributed by atoms with van der Waals surface area (Å²) in [7, 11) is 0. The van der Waals surface area contributed by atoms with Gasteiger partial charge in [0.25, 0.3) is 0 Å². The van der Waals surface area contributed by atoms with Crippen LogP contribution in [0, 0.1) is 5.92 Å². The van der Waals surface area contributed by atoms with Crippen LogP contribution in [0.2, 0.25) is 0 Å². The standard InChI is InChI=1S/C16H26N2/c1-14-9-11-18(16(12-14)13-17)10-5-8-15-6-3-2-4-7-15/h2-4,6-7,14,16H,5,8-13,17H2,1H3. The van der Waals surface area contributed by atoms with Gasteiger partial charge < -0.3 is 5.73 Å². The van der Waals surface area contributed by atoms with E-state index in [1.54, 1.807) is 0 Å². The number of nitrogens with two attached hydrogens (primary N) is 1. The predicted octanol–water partition coefficient (Wildman–Crippen LogP) is 2.68. The summed E-state index contributed by atoms with van der Waals surface area (Å²) in [6.45, 7) is 5.60. The monoisotopic (exact) mass is 246 g/mol. The second-order valence-corrected chi connectivity index (χ2v) is 5.64. The van der Waals surface area contributed by atoms with Crippen LogP contribution in [0.1, 0.15) is 31.7 Å². The van der Waals surface area contributed by atoms with Crippen LogP contribution in [0.3, 0.4) is 0 Å². The van der Waals surface area contributed by atoms with Crippen molar-refractivity contribution in [3.63, 3.8) is 0 Å². The van der Waals surface area contributed by atoms with E-state index < -0.39 is 0 Å². The first-order chi connectivity index (χ1) is 8.79. The Balaban J connectivity index is 1.75. The number of aryl methyl sites for hydroxylation is 1. The van der Waals surface area contributed by atoms with Gasteiger partial charge >= 0.3 is 0 Å². The molecule has 0 aromatic heterocycles. The lowest BCUT2D eigenvalue weighted by molar-refractivity contribution is 0.121. The quantitative estimate of drug-likeness (QED) is 0.865. The number of piperidine rings is 1. The minimum Gasteiger partial charge on any atom is -0.329 e. The summed E-state index contributed by atoms with van der Waals surface area (Å²) >= 11 is 0. The lowest BCUT2D eigenvalue weighted by atomic mass is 9.92. The molecular formula is C16H26N2. The van der Waals surface area contributed by atoms with Gasteiger partial charge in [0.1, 0.15) is 0 Å². The minimum atomic E-state index is 0.615. The molecule has 0 saturated carbocycles. The molecule has 0 spiro atoms. The molecule has 2 heteroatoms. The average molecular weight is 246 g/mol. The highest BCUT2D eigenvalue weighted by molar-refractivity contribution is 5.14. The first kappa shape index (κ1) is 13.6. The van der Waals surface area contributed by atoms with E-state index >= 15 is 0 Å². The molecule has 0 radical (unpaired) electrons. The van der Waals surface area contributed by atoms with Crippen molar-refractivity contribution in [3.8, 4) is 0 Å². The molecule has 2 unspecified atom stereocenters. The first-order valence-electron chi connectivity index (χ1n) is 7.27. The normalized spacial score (nSPS) is 25.2. The Kier molecular flexibility index (Phi) is 5.21. The third-order valence-electron chi connectivity index (χ3n) is 4.13. The highest BCUT2D eigenvalue weighted by Gasteiger charge is 2.24. The lowest BCUT2D eigenvalue weighted by Crippen LogP contribution is -2.46. The number of hydrogen-bond acceptors (Lipinski definition) is 2. The summed E-state index contributed by atoms with van der Waals surface area (Å²) in [5.74, 6) is 0.851. The Bertz CT molecular complexity index is 336. The molecule has 0 amide bonds. The van der Waals surface area contributed by atoms with Crippen molar-refractivity contribution in [2.45, 2.75) is 38.6 Å². The second-order valence-electron chi connectivity index (χ2n) is 5.64. The van der Waals surface area contributed by atoms with Gasteiger partial charge in [-0.1, -0.05) is 37.3 Å². The summed E-state index contributed by atoms with van der Waals surface area (Å²) < 4.78 is 0. The molecule has 2 atom stereocenters. The van der Waals surface area contributed by atoms with Gasteiger partial charge in [0.2, 0.25) is 0 Å². The summed E-state index contributed by atoms with van der Waals surface area (Å²) in [5.41, 5.74) is 7.35. The van der Waals surface area contributed by atoms with Gasteiger partial charge in [0.15, 0.2) is 0 Å². The highest BCUT2D eigenvalue weighted by atomic mass is 15.2. The van der Waals surface area contributed by atoms with E-state index in [2.05, 4.69) is 42.2 Å². The number of rotatable bonds is 5. The smallest absolute Gasteiger partial charge is 0.0220 e. The first-order valence-corrected chi connectivity index (χ1v) is 7.27. The van der Waals surface area contributed by atoms with E-state index in [1.165, 1.54) is 44.3 Å². The number of nitrogens with zero attached hydrogens (tertiary/aromatic N) is 1. The van der Waals surface area contributed by atoms with Crippen LogP contribution in [0.5, 0.6) is 0 Å². The van der Waals surface area contributed by atoms with E-state index in [-0.39, 0.29) is 0 Å². The van der Waals surface area contributed by atoms with Crippen LogP contribution in [-0.2, 0) is 6.42 Å². The van der Waals surface area contributed by atoms with Crippen LogP contribution in [-0.4, -0.2) is 30.6 Å². The summed E-state index contributed by atoms with van der Waals surface area (Å²) in [6.07, 6.45) is 5.04. The van der Waals surface area contributed by atoms with Crippen LogP contribution in [0.4, 0.5) is 0 Å². The van der Waals surface area contributed by atoms with E-state index in [9.17, 15) is 0 Å². The zero-order valence-electron chi connectivity index (χ0n) is 11.5. The second kappa shape index (κ2) is 6.91. The van der Waals surface area contributed by atoms with Crippen molar-refractivity contribution in [2.75, 3.05) is 19.6 Å². The number of likely N-dealkylation sites (tertiary alicyclic amines) is 1. The van der Waals surface area contributed by atoms with Gasteiger partial charge in [0, 0.05) is 12.6 Å². The molecule has 1 aliphatic rings. The van der Waals surface area contributed by atoms with Crippen LogP contribution in [0.25, 0.3) is 0 Å². The van der Waals surface area contributed by atoms with Crippen molar-refractivity contribution >= 4 is 0 Å². The highest BCUT2D eigenvalue weighted by Crippen LogP contribution is 2.22. The Labute approximate surface area is 111 Å². The molecule has 1 heterocycles. The Morgan fingerprint density at radius 3 is 2.78 bits per heavy atom. The number of benzene rings is 1. The maximum Gasteiger partial charge on any atom is 0.0220 e. The third kappa shape index (κ3) is 3.82. The molecule has 0 bridgehead atoms. The Morgan fingerprint density at radius 1 is 1.28 bits per heavy atom. The Hall–Kier alpha value is -0.860. The SMILES string of the molecule is CC1CCN(CCCc2ccccc2)C(CN)C1. The molecule has 2 nitrogen and oxygen atoms in total. The molecule has 2 rings (SSSR count). The summed E-state index contributed by atoms with van der Waals surface area (Å²) in [5, 5.41) is 0. The van der Waals surface area contributed by atoms with Gasteiger partial charge in [0.05, 0.1) is 0 Å². The fourth-order valence-electron chi connectivity index (χ4n) is 2.97. The zero-order valence-corrected chi connectivity index (χ0v) is 11.5. The fourth-order valence-corrected chi connectivity index (χ4v) is 2.97. The van der Waals surface area contributed by atoms with E-state index in [1.807, 2.05) is 0 Å². The topological polar surface area (TPSA) is 29.3 Å². The van der Waals surface area contributed by atoms with E-state index in [0.29, 0.717) is 6.04 Å². The van der Waals surface area contributed by atoms with Gasteiger partial charge in [-0.15, -0.1) is 0 Å². The molecule has 1 aliphatic heterocycles. The lowest BCUT2D eigenvalue weighted by Gasteiger charge is -2.38. The Morgan fingerprint density at radius 2 is 2.06 bits per heavy atom. The fraction of sp³-hybridized carbons (Fsp3) is 0.625. The summed E-state index contributed by atoms with van der Waals surface area (Å²) in [6, 6.07) is 11.4. The molecule has 1 aromatic carbocycles. The largest absolute Gasteiger partial charge is 0.329 e. The molecule has 1 fully saturated rings. The van der Waals surface area contributed by atoms with Crippen LogP contribution >= 0.6 is 0 Å². The van der Waals surface area contributed by atoms with Crippen molar-refractivity contribution < 1.29 is 0 Å². The molecule has 1 aromatic rings. The third-order valence-corrected chi connectivity index (χ3v) is 4.13. The van der Waals surface area contributed by atoms with Gasteiger partial charge in [-0.3, -0.25) is 4.90 Å². The van der Waals surface area contributed by atoms with Gasteiger partial charge in [-0.2, -0.15) is 0 Å². The summed E-state index contributed by atoms with van der Waals surface area (Å²) in [4.78, 5) is 2.60. The average Bonchev–Trinajstić information content (AvgIpc) is 2.41. The molecule has 100 valence electrons. The molecular weight excluding hydrogens is 220 g/mol. The van der Waals surface area contributed by atoms with Crippen molar-refractivity contribution in [2.24, 2.45) is 11.7 Å². The zero-order chi connectivity index (χ0) is 12.8.